The second-order valence-corrected chi connectivity index (χ2v) is 6.61. The van der Waals surface area contributed by atoms with Gasteiger partial charge in [-0.1, -0.05) is 52.3 Å². The number of halogens is 1. The summed E-state index contributed by atoms with van der Waals surface area (Å²) in [5.74, 6) is 0.505. The lowest BCUT2D eigenvalue weighted by Gasteiger charge is -2.32. The molecular formula is C18H19BrO. The molecule has 2 aromatic rings. The van der Waals surface area contributed by atoms with E-state index in [0.29, 0.717) is 5.92 Å². The van der Waals surface area contributed by atoms with Gasteiger partial charge < -0.3 is 5.11 Å². The molecule has 2 heteroatoms. The number of fused-ring (bicyclic) bond motifs is 1. The third-order valence-electron chi connectivity index (χ3n) is 4.31. The summed E-state index contributed by atoms with van der Waals surface area (Å²) in [5, 5.41) is 10.5. The fraction of sp³-hybridized carbons (Fsp3) is 0.333. The van der Waals surface area contributed by atoms with Crippen LogP contribution in [0.5, 0.6) is 0 Å². The summed E-state index contributed by atoms with van der Waals surface area (Å²) in [4.78, 5) is 0. The van der Waals surface area contributed by atoms with Crippen LogP contribution in [0.2, 0.25) is 0 Å². The minimum atomic E-state index is -0.376. The van der Waals surface area contributed by atoms with Gasteiger partial charge in [-0.2, -0.15) is 0 Å². The molecule has 0 aromatic heterocycles. The van der Waals surface area contributed by atoms with E-state index in [4.69, 9.17) is 0 Å². The number of aliphatic hydroxyl groups excluding tert-OH is 1. The minimum Gasteiger partial charge on any atom is -0.388 e. The highest BCUT2D eigenvalue weighted by molar-refractivity contribution is 9.10. The molecule has 104 valence electrons. The Labute approximate surface area is 128 Å². The van der Waals surface area contributed by atoms with Crippen molar-refractivity contribution in [3.63, 3.8) is 0 Å². The Morgan fingerprint density at radius 3 is 2.50 bits per heavy atom. The van der Waals surface area contributed by atoms with Crippen LogP contribution in [0.3, 0.4) is 0 Å². The second kappa shape index (κ2) is 5.34. The molecule has 3 rings (SSSR count). The molecular weight excluding hydrogens is 312 g/mol. The van der Waals surface area contributed by atoms with Crippen LogP contribution in [0.4, 0.5) is 0 Å². The normalized spacial score (nSPS) is 18.3. The van der Waals surface area contributed by atoms with Crippen molar-refractivity contribution in [3.05, 3.63) is 68.7 Å². The third-order valence-corrected chi connectivity index (χ3v) is 5.56. The van der Waals surface area contributed by atoms with Crippen molar-refractivity contribution in [1.82, 2.24) is 0 Å². The molecule has 1 aliphatic rings. The predicted molar refractivity (Wildman–Crippen MR) is 86.1 cm³/mol. The first kappa shape index (κ1) is 13.8. The SMILES string of the molecule is Cc1cc(C(O)CC2Cc3ccccc32)cc(C)c1Br. The summed E-state index contributed by atoms with van der Waals surface area (Å²) in [6, 6.07) is 12.7. The van der Waals surface area contributed by atoms with E-state index in [2.05, 4.69) is 66.2 Å². The van der Waals surface area contributed by atoms with E-state index in [1.54, 1.807) is 0 Å². The van der Waals surface area contributed by atoms with Gasteiger partial charge in [-0.15, -0.1) is 0 Å². The number of aryl methyl sites for hydroxylation is 2. The molecule has 0 spiro atoms. The first-order chi connectivity index (χ1) is 9.56. The number of rotatable bonds is 3. The second-order valence-electron chi connectivity index (χ2n) is 5.82. The van der Waals surface area contributed by atoms with Crippen LogP contribution in [0.15, 0.2) is 40.9 Å². The summed E-state index contributed by atoms with van der Waals surface area (Å²) in [6.45, 7) is 4.15. The zero-order chi connectivity index (χ0) is 14.3. The molecule has 0 aliphatic heterocycles. The molecule has 0 heterocycles. The van der Waals surface area contributed by atoms with Crippen LogP contribution in [-0.2, 0) is 6.42 Å². The highest BCUT2D eigenvalue weighted by Crippen LogP contribution is 2.41. The zero-order valence-corrected chi connectivity index (χ0v) is 13.4. The number of hydrogen-bond acceptors (Lipinski definition) is 1. The number of hydrogen-bond donors (Lipinski definition) is 1. The van der Waals surface area contributed by atoms with Crippen molar-refractivity contribution in [3.8, 4) is 0 Å². The van der Waals surface area contributed by atoms with Crippen LogP contribution in [0.25, 0.3) is 0 Å². The van der Waals surface area contributed by atoms with E-state index in [-0.39, 0.29) is 6.10 Å². The Hall–Kier alpha value is -1.12. The van der Waals surface area contributed by atoms with Gasteiger partial charge in [-0.3, -0.25) is 0 Å². The maximum atomic E-state index is 10.5. The molecule has 1 N–H and O–H groups in total. The Kier molecular flexibility index (Phi) is 3.70. The molecule has 1 nitrogen and oxygen atoms in total. The van der Waals surface area contributed by atoms with Crippen LogP contribution in [0.1, 0.15) is 46.3 Å². The monoisotopic (exact) mass is 330 g/mol. The average molecular weight is 331 g/mol. The summed E-state index contributed by atoms with van der Waals surface area (Å²) >= 11 is 3.58. The number of benzene rings is 2. The molecule has 20 heavy (non-hydrogen) atoms. The molecule has 0 saturated carbocycles. The lowest BCUT2D eigenvalue weighted by molar-refractivity contribution is 0.153. The summed E-state index contributed by atoms with van der Waals surface area (Å²) in [6.07, 6.45) is 1.54. The third kappa shape index (κ3) is 2.43. The highest BCUT2D eigenvalue weighted by Gasteiger charge is 2.28. The van der Waals surface area contributed by atoms with Crippen molar-refractivity contribution in [2.45, 2.75) is 38.7 Å². The Bertz CT molecular complexity index is 625. The van der Waals surface area contributed by atoms with Gasteiger partial charge in [0.2, 0.25) is 0 Å². The van der Waals surface area contributed by atoms with Gasteiger partial charge >= 0.3 is 0 Å². The summed E-state index contributed by atoms with van der Waals surface area (Å²) in [5.41, 5.74) is 6.26. The fourth-order valence-corrected chi connectivity index (χ4v) is 3.38. The Balaban J connectivity index is 1.77. The van der Waals surface area contributed by atoms with E-state index in [1.807, 2.05) is 0 Å². The van der Waals surface area contributed by atoms with Crippen molar-refractivity contribution in [2.75, 3.05) is 0 Å². The Morgan fingerprint density at radius 2 is 1.85 bits per heavy atom. The largest absolute Gasteiger partial charge is 0.388 e. The Morgan fingerprint density at radius 1 is 1.20 bits per heavy atom. The van der Waals surface area contributed by atoms with E-state index in [9.17, 15) is 5.11 Å². The van der Waals surface area contributed by atoms with E-state index in [1.165, 1.54) is 22.3 Å². The molecule has 1 aliphatic carbocycles. The topological polar surface area (TPSA) is 20.2 Å². The lowest BCUT2D eigenvalue weighted by atomic mass is 9.74. The van der Waals surface area contributed by atoms with Gasteiger partial charge in [0.25, 0.3) is 0 Å². The van der Waals surface area contributed by atoms with Crippen molar-refractivity contribution in [2.24, 2.45) is 0 Å². The maximum Gasteiger partial charge on any atom is 0.0796 e. The molecule has 2 atom stereocenters. The number of aliphatic hydroxyl groups is 1. The van der Waals surface area contributed by atoms with Gasteiger partial charge in [0.15, 0.2) is 0 Å². The average Bonchev–Trinajstić information content (AvgIpc) is 2.41. The van der Waals surface area contributed by atoms with Gasteiger partial charge in [0.1, 0.15) is 0 Å². The first-order valence-corrected chi connectivity index (χ1v) is 7.88. The van der Waals surface area contributed by atoms with Crippen LogP contribution in [0, 0.1) is 13.8 Å². The van der Waals surface area contributed by atoms with E-state index >= 15 is 0 Å². The van der Waals surface area contributed by atoms with E-state index in [0.717, 1.165) is 22.9 Å². The molecule has 0 saturated heterocycles. The molecule has 2 unspecified atom stereocenters. The quantitative estimate of drug-likeness (QED) is 0.854. The van der Waals surface area contributed by atoms with Gasteiger partial charge in [0, 0.05) is 4.47 Å². The van der Waals surface area contributed by atoms with Crippen LogP contribution < -0.4 is 0 Å². The zero-order valence-electron chi connectivity index (χ0n) is 11.9. The summed E-state index contributed by atoms with van der Waals surface area (Å²) in [7, 11) is 0. The molecule has 0 bridgehead atoms. The standard InChI is InChI=1S/C18H19BrO/c1-11-7-15(8-12(2)18(11)19)17(20)10-14-9-13-5-3-4-6-16(13)14/h3-8,14,17,20H,9-10H2,1-2H3. The van der Waals surface area contributed by atoms with Crippen molar-refractivity contribution < 1.29 is 5.11 Å². The van der Waals surface area contributed by atoms with E-state index < -0.39 is 0 Å². The maximum absolute atomic E-state index is 10.5. The van der Waals surface area contributed by atoms with Crippen LogP contribution in [-0.4, -0.2) is 5.11 Å². The van der Waals surface area contributed by atoms with Gasteiger partial charge in [-0.25, -0.2) is 0 Å². The fourth-order valence-electron chi connectivity index (χ4n) is 3.15. The molecule has 0 fully saturated rings. The highest BCUT2D eigenvalue weighted by atomic mass is 79.9. The van der Waals surface area contributed by atoms with Crippen LogP contribution >= 0.6 is 15.9 Å². The molecule has 0 amide bonds. The van der Waals surface area contributed by atoms with Crippen molar-refractivity contribution in [1.29, 1.82) is 0 Å². The summed E-state index contributed by atoms with van der Waals surface area (Å²) < 4.78 is 1.14. The van der Waals surface area contributed by atoms with Crippen molar-refractivity contribution >= 4 is 15.9 Å². The first-order valence-electron chi connectivity index (χ1n) is 7.08. The lowest BCUT2D eigenvalue weighted by Crippen LogP contribution is -2.19. The molecule has 0 radical (unpaired) electrons. The smallest absolute Gasteiger partial charge is 0.0796 e. The molecule has 2 aromatic carbocycles. The predicted octanol–water partition coefficient (Wildman–Crippen LogP) is 4.83. The minimum absolute atomic E-state index is 0.376. The van der Waals surface area contributed by atoms with Gasteiger partial charge in [-0.05, 0) is 60.4 Å². The van der Waals surface area contributed by atoms with Gasteiger partial charge in [0.05, 0.1) is 6.10 Å².